The minimum atomic E-state index is -0.891. The van der Waals surface area contributed by atoms with E-state index in [1.165, 1.54) is 21.3 Å². The predicted octanol–water partition coefficient (Wildman–Crippen LogP) is 3.23. The van der Waals surface area contributed by atoms with Gasteiger partial charge in [-0.15, -0.1) is 0 Å². The van der Waals surface area contributed by atoms with E-state index in [0.717, 1.165) is 0 Å². The lowest BCUT2D eigenvalue weighted by Gasteiger charge is -2.29. The highest BCUT2D eigenvalue weighted by atomic mass is 79.9. The van der Waals surface area contributed by atoms with E-state index in [0.29, 0.717) is 27.3 Å². The molecule has 0 saturated heterocycles. The van der Waals surface area contributed by atoms with Gasteiger partial charge in [0.25, 0.3) is 0 Å². The molecular formula is C14H19BrO5. The van der Waals surface area contributed by atoms with Gasteiger partial charge in [0, 0.05) is 17.0 Å². The summed E-state index contributed by atoms with van der Waals surface area (Å²) >= 11 is 3.41. The van der Waals surface area contributed by atoms with Crippen molar-refractivity contribution in [2.75, 3.05) is 21.3 Å². The molecule has 0 amide bonds. The molecule has 1 rings (SSSR count). The summed E-state index contributed by atoms with van der Waals surface area (Å²) in [6.45, 7) is 3.65. The van der Waals surface area contributed by atoms with Crippen molar-refractivity contribution in [1.29, 1.82) is 0 Å². The molecule has 0 fully saturated rings. The van der Waals surface area contributed by atoms with Gasteiger partial charge in [0.2, 0.25) is 0 Å². The number of hydrogen-bond acceptors (Lipinski definition) is 4. The summed E-state index contributed by atoms with van der Waals surface area (Å²) in [4.78, 5) is 11.1. The smallest absolute Gasteiger partial charge is 0.304 e. The van der Waals surface area contributed by atoms with Crippen LogP contribution in [0.5, 0.6) is 17.2 Å². The van der Waals surface area contributed by atoms with Gasteiger partial charge in [-0.05, 0) is 15.9 Å². The summed E-state index contributed by atoms with van der Waals surface area (Å²) in [7, 11) is 4.59. The summed E-state index contributed by atoms with van der Waals surface area (Å²) in [5.74, 6) is 0.666. The molecule has 20 heavy (non-hydrogen) atoms. The van der Waals surface area contributed by atoms with Crippen LogP contribution in [0.4, 0.5) is 0 Å². The van der Waals surface area contributed by atoms with E-state index in [9.17, 15) is 4.79 Å². The van der Waals surface area contributed by atoms with Crippen molar-refractivity contribution in [2.45, 2.75) is 25.7 Å². The number of carboxylic acid groups (broad SMARTS) is 1. The highest BCUT2D eigenvalue weighted by Gasteiger charge is 2.34. The molecule has 1 aromatic carbocycles. The van der Waals surface area contributed by atoms with Gasteiger partial charge < -0.3 is 19.3 Å². The van der Waals surface area contributed by atoms with Crippen molar-refractivity contribution in [1.82, 2.24) is 0 Å². The second-order valence-electron chi connectivity index (χ2n) is 4.96. The van der Waals surface area contributed by atoms with Crippen LogP contribution in [0.25, 0.3) is 0 Å². The lowest BCUT2D eigenvalue weighted by Crippen LogP contribution is -2.23. The lowest BCUT2D eigenvalue weighted by atomic mass is 9.80. The fourth-order valence-corrected chi connectivity index (χ4v) is 2.79. The number of rotatable bonds is 6. The molecule has 0 aliphatic carbocycles. The summed E-state index contributed by atoms with van der Waals surface area (Å²) in [5, 5.41) is 9.11. The van der Waals surface area contributed by atoms with Gasteiger partial charge in [-0.3, -0.25) is 4.79 Å². The average molecular weight is 347 g/mol. The zero-order valence-electron chi connectivity index (χ0n) is 12.2. The fraction of sp³-hybridized carbons (Fsp3) is 0.500. The van der Waals surface area contributed by atoms with E-state index in [-0.39, 0.29) is 6.42 Å². The zero-order chi connectivity index (χ0) is 15.5. The van der Waals surface area contributed by atoms with Crippen LogP contribution >= 0.6 is 15.9 Å². The SMILES string of the molecule is COc1cc(Br)c(OC)c(C(C)(C)CC(=O)O)c1OC. The summed E-state index contributed by atoms with van der Waals surface area (Å²) < 4.78 is 16.8. The maximum atomic E-state index is 11.1. The number of carboxylic acids is 1. The molecule has 0 aliphatic rings. The van der Waals surface area contributed by atoms with E-state index in [2.05, 4.69) is 15.9 Å². The summed E-state index contributed by atoms with van der Waals surface area (Å²) in [6.07, 6.45) is -0.0562. The van der Waals surface area contributed by atoms with Crippen LogP contribution in [0.2, 0.25) is 0 Å². The Morgan fingerprint density at radius 1 is 1.20 bits per heavy atom. The Bertz CT molecular complexity index is 511. The third-order valence-electron chi connectivity index (χ3n) is 3.05. The Morgan fingerprint density at radius 3 is 2.15 bits per heavy atom. The van der Waals surface area contributed by atoms with Crippen molar-refractivity contribution < 1.29 is 24.1 Å². The highest BCUT2D eigenvalue weighted by Crippen LogP contribution is 2.49. The molecule has 0 radical (unpaired) electrons. The van der Waals surface area contributed by atoms with Crippen LogP contribution in [0.15, 0.2) is 10.5 Å². The van der Waals surface area contributed by atoms with Crippen LogP contribution in [0.1, 0.15) is 25.8 Å². The molecule has 6 heteroatoms. The highest BCUT2D eigenvalue weighted by molar-refractivity contribution is 9.10. The third kappa shape index (κ3) is 3.17. The monoisotopic (exact) mass is 346 g/mol. The summed E-state index contributed by atoms with van der Waals surface area (Å²) in [6, 6.07) is 1.73. The molecule has 0 bridgehead atoms. The van der Waals surface area contributed by atoms with Gasteiger partial charge >= 0.3 is 5.97 Å². The molecule has 0 aliphatic heterocycles. The van der Waals surface area contributed by atoms with Crippen LogP contribution < -0.4 is 14.2 Å². The van der Waals surface area contributed by atoms with Crippen LogP contribution in [0, 0.1) is 0 Å². The molecule has 0 heterocycles. The van der Waals surface area contributed by atoms with Gasteiger partial charge in [0.05, 0.1) is 32.2 Å². The van der Waals surface area contributed by atoms with Crippen LogP contribution in [0.3, 0.4) is 0 Å². The van der Waals surface area contributed by atoms with Crippen LogP contribution in [-0.4, -0.2) is 32.4 Å². The van der Waals surface area contributed by atoms with E-state index < -0.39 is 11.4 Å². The second-order valence-corrected chi connectivity index (χ2v) is 5.81. The minimum absolute atomic E-state index is 0.0562. The molecule has 0 unspecified atom stereocenters. The quantitative estimate of drug-likeness (QED) is 0.856. The first-order valence-electron chi connectivity index (χ1n) is 5.99. The molecule has 0 saturated carbocycles. The number of ether oxygens (including phenoxy) is 3. The Morgan fingerprint density at radius 2 is 1.75 bits per heavy atom. The van der Waals surface area contributed by atoms with E-state index in [4.69, 9.17) is 19.3 Å². The van der Waals surface area contributed by atoms with Crippen molar-refractivity contribution in [2.24, 2.45) is 0 Å². The van der Waals surface area contributed by atoms with Crippen molar-refractivity contribution >= 4 is 21.9 Å². The maximum absolute atomic E-state index is 11.1. The van der Waals surface area contributed by atoms with Crippen LogP contribution in [-0.2, 0) is 10.2 Å². The normalized spacial score (nSPS) is 11.1. The van der Waals surface area contributed by atoms with Crippen molar-refractivity contribution in [3.05, 3.63) is 16.1 Å². The Labute approximate surface area is 127 Å². The molecule has 1 aromatic rings. The molecule has 5 nitrogen and oxygen atoms in total. The fourth-order valence-electron chi connectivity index (χ4n) is 2.23. The maximum Gasteiger partial charge on any atom is 0.304 e. The molecular weight excluding hydrogens is 328 g/mol. The zero-order valence-corrected chi connectivity index (χ0v) is 13.8. The molecule has 0 spiro atoms. The number of carbonyl (C=O) groups is 1. The second kappa shape index (κ2) is 6.35. The minimum Gasteiger partial charge on any atom is -0.495 e. The standard InChI is InChI=1S/C14H19BrO5/c1-14(2,7-10(16)17)11-12(19-4)8(15)6-9(18-3)13(11)20-5/h6H,7H2,1-5H3,(H,16,17). The number of methoxy groups -OCH3 is 3. The van der Waals surface area contributed by atoms with Gasteiger partial charge in [0.1, 0.15) is 5.75 Å². The molecule has 0 aromatic heterocycles. The molecule has 0 atom stereocenters. The predicted molar refractivity (Wildman–Crippen MR) is 79.1 cm³/mol. The average Bonchev–Trinajstić information content (AvgIpc) is 2.35. The van der Waals surface area contributed by atoms with Gasteiger partial charge in [0.15, 0.2) is 11.5 Å². The molecule has 112 valence electrons. The topological polar surface area (TPSA) is 65.0 Å². The first-order valence-corrected chi connectivity index (χ1v) is 6.78. The largest absolute Gasteiger partial charge is 0.495 e. The van der Waals surface area contributed by atoms with Gasteiger partial charge in [-0.1, -0.05) is 13.8 Å². The first-order chi connectivity index (χ1) is 9.28. The number of halogens is 1. The third-order valence-corrected chi connectivity index (χ3v) is 3.64. The summed E-state index contributed by atoms with van der Waals surface area (Å²) in [5.41, 5.74) is -0.0179. The lowest BCUT2D eigenvalue weighted by molar-refractivity contribution is -0.138. The van der Waals surface area contributed by atoms with Crippen molar-refractivity contribution in [3.8, 4) is 17.2 Å². The molecule has 1 N–H and O–H groups in total. The first kappa shape index (κ1) is 16.6. The van der Waals surface area contributed by atoms with E-state index in [1.807, 2.05) is 13.8 Å². The number of benzene rings is 1. The van der Waals surface area contributed by atoms with Gasteiger partial charge in [-0.25, -0.2) is 0 Å². The van der Waals surface area contributed by atoms with Crippen molar-refractivity contribution in [3.63, 3.8) is 0 Å². The van der Waals surface area contributed by atoms with Gasteiger partial charge in [-0.2, -0.15) is 0 Å². The Hall–Kier alpha value is -1.43. The number of aliphatic carboxylic acids is 1. The Balaban J connectivity index is 3.63. The Kier molecular flexibility index (Phi) is 5.28. The number of hydrogen-bond donors (Lipinski definition) is 1. The van der Waals surface area contributed by atoms with E-state index in [1.54, 1.807) is 6.07 Å². The van der Waals surface area contributed by atoms with E-state index >= 15 is 0 Å².